The van der Waals surface area contributed by atoms with Gasteiger partial charge in [0.2, 0.25) is 0 Å². The maximum absolute atomic E-state index is 6.32. The van der Waals surface area contributed by atoms with E-state index in [4.69, 9.17) is 4.74 Å². The number of aryl methyl sites for hydroxylation is 1. The molecule has 2 rings (SSSR count). The van der Waals surface area contributed by atoms with Crippen LogP contribution in [0.3, 0.4) is 0 Å². The summed E-state index contributed by atoms with van der Waals surface area (Å²) in [6.45, 7) is 8.41. The van der Waals surface area contributed by atoms with Crippen molar-refractivity contribution < 1.29 is 4.74 Å². The van der Waals surface area contributed by atoms with Gasteiger partial charge in [-0.2, -0.15) is 5.10 Å². The summed E-state index contributed by atoms with van der Waals surface area (Å²) in [5.41, 5.74) is 1.13. The van der Waals surface area contributed by atoms with Crippen LogP contribution in [0.5, 0.6) is 0 Å². The van der Waals surface area contributed by atoms with Gasteiger partial charge in [0.25, 0.3) is 0 Å². The van der Waals surface area contributed by atoms with Gasteiger partial charge < -0.3 is 10.1 Å². The van der Waals surface area contributed by atoms with Crippen LogP contribution in [-0.4, -0.2) is 34.6 Å². The molecule has 1 heterocycles. The molecule has 0 bridgehead atoms. The number of nitrogens with one attached hydrogen (secondary N) is 1. The van der Waals surface area contributed by atoms with Gasteiger partial charge in [0.15, 0.2) is 0 Å². The summed E-state index contributed by atoms with van der Waals surface area (Å²) in [6, 6.07) is 2.47. The van der Waals surface area contributed by atoms with Crippen molar-refractivity contribution in [2.24, 2.45) is 13.0 Å². The van der Waals surface area contributed by atoms with Gasteiger partial charge >= 0.3 is 0 Å². The van der Waals surface area contributed by atoms with Gasteiger partial charge in [0.1, 0.15) is 0 Å². The van der Waals surface area contributed by atoms with E-state index in [1.165, 1.54) is 12.8 Å². The Labute approximate surface area is 129 Å². The standard InChI is InChI=1S/C17H31N3O/c1-5-18-16(13-15-9-12-20(4)19-15)17(21-6-2)10-7-14(3)8-11-17/h9,12,14,16,18H,5-8,10-11,13H2,1-4H3. The molecule has 21 heavy (non-hydrogen) atoms. The molecule has 0 aliphatic heterocycles. The molecule has 120 valence electrons. The number of likely N-dealkylation sites (N-methyl/N-ethyl adjacent to an activating group) is 1. The van der Waals surface area contributed by atoms with E-state index in [0.29, 0.717) is 6.04 Å². The summed E-state index contributed by atoms with van der Waals surface area (Å²) < 4.78 is 8.20. The predicted molar refractivity (Wildman–Crippen MR) is 86.4 cm³/mol. The Morgan fingerprint density at radius 2 is 2.14 bits per heavy atom. The fourth-order valence-corrected chi connectivity index (χ4v) is 3.60. The zero-order valence-corrected chi connectivity index (χ0v) is 14.1. The maximum atomic E-state index is 6.32. The molecule has 0 radical (unpaired) electrons. The minimum atomic E-state index is -0.0191. The quantitative estimate of drug-likeness (QED) is 0.840. The van der Waals surface area contributed by atoms with E-state index < -0.39 is 0 Å². The summed E-state index contributed by atoms with van der Waals surface area (Å²) in [4.78, 5) is 0. The van der Waals surface area contributed by atoms with Crippen molar-refractivity contribution in [2.75, 3.05) is 13.2 Å². The largest absolute Gasteiger partial charge is 0.374 e. The van der Waals surface area contributed by atoms with E-state index in [0.717, 1.165) is 44.0 Å². The van der Waals surface area contributed by atoms with Crippen molar-refractivity contribution in [2.45, 2.75) is 64.5 Å². The maximum Gasteiger partial charge on any atom is 0.0838 e. The Balaban J connectivity index is 2.15. The van der Waals surface area contributed by atoms with Crippen molar-refractivity contribution in [1.82, 2.24) is 15.1 Å². The molecule has 1 aromatic heterocycles. The smallest absolute Gasteiger partial charge is 0.0838 e. The third-order valence-electron chi connectivity index (χ3n) is 4.82. The molecule has 1 fully saturated rings. The van der Waals surface area contributed by atoms with Crippen LogP contribution in [0.1, 0.15) is 52.1 Å². The molecule has 1 saturated carbocycles. The van der Waals surface area contributed by atoms with Crippen LogP contribution < -0.4 is 5.32 Å². The Bertz CT molecular complexity index is 421. The highest BCUT2D eigenvalue weighted by Crippen LogP contribution is 2.38. The van der Waals surface area contributed by atoms with Gasteiger partial charge in [-0.25, -0.2) is 0 Å². The van der Waals surface area contributed by atoms with E-state index in [2.05, 4.69) is 37.3 Å². The van der Waals surface area contributed by atoms with Crippen molar-refractivity contribution in [3.63, 3.8) is 0 Å². The molecule has 1 aliphatic rings. The van der Waals surface area contributed by atoms with Crippen LogP contribution in [0.2, 0.25) is 0 Å². The lowest BCUT2D eigenvalue weighted by molar-refractivity contribution is -0.0959. The molecule has 0 amide bonds. The number of ether oxygens (including phenoxy) is 1. The van der Waals surface area contributed by atoms with E-state index in [-0.39, 0.29) is 5.60 Å². The first-order chi connectivity index (χ1) is 10.1. The lowest BCUT2D eigenvalue weighted by Crippen LogP contribution is -2.55. The normalized spacial score (nSPS) is 27.7. The average Bonchev–Trinajstić information content (AvgIpc) is 2.87. The molecule has 0 aromatic carbocycles. The van der Waals surface area contributed by atoms with Crippen LogP contribution in [0, 0.1) is 5.92 Å². The van der Waals surface area contributed by atoms with Crippen LogP contribution in [0.15, 0.2) is 12.3 Å². The molecule has 1 aromatic rings. The number of aromatic nitrogens is 2. The topological polar surface area (TPSA) is 39.1 Å². The van der Waals surface area contributed by atoms with Crippen LogP contribution >= 0.6 is 0 Å². The molecule has 1 aliphatic carbocycles. The third-order valence-corrected chi connectivity index (χ3v) is 4.82. The fourth-order valence-electron chi connectivity index (χ4n) is 3.60. The summed E-state index contributed by atoms with van der Waals surface area (Å²) in [7, 11) is 1.98. The SMILES string of the molecule is CCNC(Cc1ccn(C)n1)C1(OCC)CCC(C)CC1. The van der Waals surface area contributed by atoms with Gasteiger partial charge in [-0.3, -0.25) is 4.68 Å². The van der Waals surface area contributed by atoms with Crippen molar-refractivity contribution in [3.8, 4) is 0 Å². The first-order valence-electron chi connectivity index (χ1n) is 8.45. The van der Waals surface area contributed by atoms with E-state index in [9.17, 15) is 0 Å². The summed E-state index contributed by atoms with van der Waals surface area (Å²) in [5.74, 6) is 0.829. The number of nitrogens with zero attached hydrogens (tertiary/aromatic N) is 2. The van der Waals surface area contributed by atoms with Gasteiger partial charge in [0, 0.05) is 32.3 Å². The monoisotopic (exact) mass is 293 g/mol. The molecule has 1 N–H and O–H groups in total. The Hall–Kier alpha value is -0.870. The molecule has 0 spiro atoms. The fraction of sp³-hybridized carbons (Fsp3) is 0.824. The second-order valence-corrected chi connectivity index (χ2v) is 6.48. The highest BCUT2D eigenvalue weighted by molar-refractivity contribution is 5.07. The van der Waals surface area contributed by atoms with E-state index in [1.54, 1.807) is 0 Å². The van der Waals surface area contributed by atoms with Crippen molar-refractivity contribution in [3.05, 3.63) is 18.0 Å². The minimum absolute atomic E-state index is 0.0191. The first-order valence-corrected chi connectivity index (χ1v) is 8.45. The van der Waals surface area contributed by atoms with Crippen molar-refractivity contribution in [1.29, 1.82) is 0 Å². The molecule has 4 heteroatoms. The average molecular weight is 293 g/mol. The molecule has 4 nitrogen and oxygen atoms in total. The van der Waals surface area contributed by atoms with Crippen LogP contribution in [0.25, 0.3) is 0 Å². The molecule has 1 atom stereocenters. The number of hydrogen-bond donors (Lipinski definition) is 1. The number of rotatable bonds is 7. The van der Waals surface area contributed by atoms with Gasteiger partial charge in [0.05, 0.1) is 11.3 Å². The molecule has 1 unspecified atom stereocenters. The van der Waals surface area contributed by atoms with Crippen LogP contribution in [0.4, 0.5) is 0 Å². The van der Waals surface area contributed by atoms with E-state index >= 15 is 0 Å². The van der Waals surface area contributed by atoms with Crippen LogP contribution in [-0.2, 0) is 18.2 Å². The van der Waals surface area contributed by atoms with Gasteiger partial charge in [-0.15, -0.1) is 0 Å². The van der Waals surface area contributed by atoms with Gasteiger partial charge in [-0.05, 0) is 51.1 Å². The lowest BCUT2D eigenvalue weighted by Gasteiger charge is -2.45. The summed E-state index contributed by atoms with van der Waals surface area (Å²) in [5, 5.41) is 8.23. The van der Waals surface area contributed by atoms with Gasteiger partial charge in [-0.1, -0.05) is 13.8 Å². The Morgan fingerprint density at radius 1 is 1.43 bits per heavy atom. The second kappa shape index (κ2) is 7.41. The lowest BCUT2D eigenvalue weighted by atomic mass is 9.74. The molecule has 0 saturated heterocycles. The third kappa shape index (κ3) is 4.07. The zero-order chi connectivity index (χ0) is 15.3. The van der Waals surface area contributed by atoms with E-state index in [1.807, 2.05) is 17.9 Å². The number of hydrogen-bond acceptors (Lipinski definition) is 3. The molecular formula is C17H31N3O. The predicted octanol–water partition coefficient (Wildman–Crippen LogP) is 2.93. The zero-order valence-electron chi connectivity index (χ0n) is 14.1. The minimum Gasteiger partial charge on any atom is -0.374 e. The Morgan fingerprint density at radius 3 is 2.67 bits per heavy atom. The second-order valence-electron chi connectivity index (χ2n) is 6.48. The summed E-state index contributed by atoms with van der Waals surface area (Å²) in [6.07, 6.45) is 7.82. The Kier molecular flexibility index (Phi) is 5.82. The van der Waals surface area contributed by atoms with Crippen molar-refractivity contribution >= 4 is 0 Å². The molecular weight excluding hydrogens is 262 g/mol. The summed E-state index contributed by atoms with van der Waals surface area (Å²) >= 11 is 0. The highest BCUT2D eigenvalue weighted by atomic mass is 16.5. The first kappa shape index (κ1) is 16.5. The highest BCUT2D eigenvalue weighted by Gasteiger charge is 2.41.